The van der Waals surface area contributed by atoms with Crippen molar-refractivity contribution in [3.63, 3.8) is 0 Å². The van der Waals surface area contributed by atoms with Crippen molar-refractivity contribution in [2.75, 3.05) is 13.2 Å². The summed E-state index contributed by atoms with van der Waals surface area (Å²) in [6.45, 7) is 4.07. The van der Waals surface area contributed by atoms with Gasteiger partial charge in [-0.2, -0.15) is 0 Å². The molecule has 2 rings (SSSR count). The smallest absolute Gasteiger partial charge is 0.119 e. The van der Waals surface area contributed by atoms with E-state index in [2.05, 4.69) is 30.4 Å². The highest BCUT2D eigenvalue weighted by molar-refractivity contribution is 5.28. The second kappa shape index (κ2) is 8.21. The molecule has 1 fully saturated rings. The van der Waals surface area contributed by atoms with E-state index in [1.54, 1.807) is 0 Å². The van der Waals surface area contributed by atoms with Gasteiger partial charge in [0.15, 0.2) is 0 Å². The fraction of sp³-hybridized carbons (Fsp3) is 0.647. The van der Waals surface area contributed by atoms with Crippen LogP contribution in [0, 0.1) is 0 Å². The van der Waals surface area contributed by atoms with Crippen molar-refractivity contribution in [3.05, 3.63) is 29.8 Å². The van der Waals surface area contributed by atoms with Crippen LogP contribution in [0.4, 0.5) is 0 Å². The molecule has 0 amide bonds. The third-order valence-electron chi connectivity index (χ3n) is 3.93. The first-order valence-corrected chi connectivity index (χ1v) is 7.83. The second-order valence-electron chi connectivity index (χ2n) is 5.49. The molecular formula is C17H27NO. The monoisotopic (exact) mass is 261 g/mol. The zero-order chi connectivity index (χ0) is 13.3. The molecule has 2 nitrogen and oxygen atoms in total. The maximum Gasteiger partial charge on any atom is 0.119 e. The zero-order valence-electron chi connectivity index (χ0n) is 12.2. The summed E-state index contributed by atoms with van der Waals surface area (Å²) >= 11 is 0. The Morgan fingerprint density at radius 3 is 2.84 bits per heavy atom. The van der Waals surface area contributed by atoms with E-state index in [1.165, 1.54) is 37.7 Å². The molecule has 19 heavy (non-hydrogen) atoms. The van der Waals surface area contributed by atoms with E-state index in [-0.39, 0.29) is 0 Å². The van der Waals surface area contributed by atoms with Gasteiger partial charge in [0.1, 0.15) is 5.75 Å². The lowest BCUT2D eigenvalue weighted by Gasteiger charge is -2.22. The topological polar surface area (TPSA) is 21.3 Å². The van der Waals surface area contributed by atoms with Crippen LogP contribution in [-0.2, 0) is 6.42 Å². The Labute approximate surface area is 117 Å². The number of hydrogen-bond acceptors (Lipinski definition) is 2. The van der Waals surface area contributed by atoms with Gasteiger partial charge in [0.25, 0.3) is 0 Å². The molecular weight excluding hydrogens is 234 g/mol. The molecule has 2 heteroatoms. The minimum absolute atomic E-state index is 0.761. The van der Waals surface area contributed by atoms with Crippen LogP contribution in [0.25, 0.3) is 0 Å². The number of nitrogens with one attached hydrogen (secondary N) is 1. The SMILES string of the molecule is CCc1cccc(OCCCNC2CCCCC2)c1. The molecule has 1 saturated carbocycles. The maximum atomic E-state index is 5.80. The highest BCUT2D eigenvalue weighted by Crippen LogP contribution is 2.17. The highest BCUT2D eigenvalue weighted by atomic mass is 16.5. The third-order valence-corrected chi connectivity index (χ3v) is 3.93. The van der Waals surface area contributed by atoms with Crippen LogP contribution < -0.4 is 10.1 Å². The number of rotatable bonds is 7. The van der Waals surface area contributed by atoms with E-state index in [9.17, 15) is 0 Å². The van der Waals surface area contributed by atoms with Crippen molar-refractivity contribution in [3.8, 4) is 5.75 Å². The molecule has 1 N–H and O–H groups in total. The van der Waals surface area contributed by atoms with Crippen LogP contribution in [0.3, 0.4) is 0 Å². The standard InChI is InChI=1S/C17H27NO/c1-2-15-8-6-11-17(14-15)19-13-7-12-18-16-9-4-3-5-10-16/h6,8,11,14,16,18H,2-5,7,9-10,12-13H2,1H3. The summed E-state index contributed by atoms with van der Waals surface area (Å²) in [6, 6.07) is 9.19. The Morgan fingerprint density at radius 2 is 2.05 bits per heavy atom. The molecule has 0 aliphatic heterocycles. The summed E-state index contributed by atoms with van der Waals surface area (Å²) < 4.78 is 5.80. The highest BCUT2D eigenvalue weighted by Gasteiger charge is 2.11. The molecule has 0 aromatic heterocycles. The Kier molecular flexibility index (Phi) is 6.22. The van der Waals surface area contributed by atoms with Crippen LogP contribution in [0.2, 0.25) is 0 Å². The van der Waals surface area contributed by atoms with E-state index in [1.807, 2.05) is 6.07 Å². The molecule has 0 bridgehead atoms. The van der Waals surface area contributed by atoms with Crippen molar-refractivity contribution >= 4 is 0 Å². The predicted octanol–water partition coefficient (Wildman–Crippen LogP) is 3.94. The van der Waals surface area contributed by atoms with Crippen molar-refractivity contribution in [1.29, 1.82) is 0 Å². The van der Waals surface area contributed by atoms with E-state index >= 15 is 0 Å². The Hall–Kier alpha value is -1.02. The molecule has 1 aliphatic rings. The zero-order valence-corrected chi connectivity index (χ0v) is 12.2. The minimum atomic E-state index is 0.761. The van der Waals surface area contributed by atoms with Crippen LogP contribution in [0.1, 0.15) is 51.0 Å². The summed E-state index contributed by atoms with van der Waals surface area (Å²) in [5.41, 5.74) is 1.35. The van der Waals surface area contributed by atoms with Gasteiger partial charge >= 0.3 is 0 Å². The lowest BCUT2D eigenvalue weighted by atomic mass is 9.95. The van der Waals surface area contributed by atoms with Gasteiger partial charge in [-0.1, -0.05) is 38.3 Å². The van der Waals surface area contributed by atoms with Crippen LogP contribution in [0.5, 0.6) is 5.75 Å². The largest absolute Gasteiger partial charge is 0.494 e. The molecule has 0 unspecified atom stereocenters. The van der Waals surface area contributed by atoms with E-state index < -0.39 is 0 Å². The third kappa shape index (κ3) is 5.23. The average molecular weight is 261 g/mol. The van der Waals surface area contributed by atoms with Gasteiger partial charge in [-0.25, -0.2) is 0 Å². The second-order valence-corrected chi connectivity index (χ2v) is 5.49. The lowest BCUT2D eigenvalue weighted by Crippen LogP contribution is -2.32. The number of aryl methyl sites for hydroxylation is 1. The fourth-order valence-electron chi connectivity index (χ4n) is 2.73. The van der Waals surface area contributed by atoms with Gasteiger partial charge < -0.3 is 10.1 Å². The maximum absolute atomic E-state index is 5.80. The first-order valence-electron chi connectivity index (χ1n) is 7.83. The molecule has 1 aliphatic carbocycles. The molecule has 0 heterocycles. The van der Waals surface area contributed by atoms with Gasteiger partial charge in [0.05, 0.1) is 6.61 Å². The van der Waals surface area contributed by atoms with Crippen molar-refractivity contribution in [1.82, 2.24) is 5.32 Å². The predicted molar refractivity (Wildman–Crippen MR) is 80.8 cm³/mol. The van der Waals surface area contributed by atoms with Crippen LogP contribution in [0.15, 0.2) is 24.3 Å². The molecule has 0 radical (unpaired) electrons. The Bertz CT molecular complexity index is 358. The average Bonchev–Trinajstić information content (AvgIpc) is 2.48. The quantitative estimate of drug-likeness (QED) is 0.751. The summed E-state index contributed by atoms with van der Waals surface area (Å²) in [6.07, 6.45) is 9.11. The Balaban J connectivity index is 1.58. The van der Waals surface area contributed by atoms with Crippen molar-refractivity contribution in [2.24, 2.45) is 0 Å². The van der Waals surface area contributed by atoms with E-state index in [0.29, 0.717) is 0 Å². The van der Waals surface area contributed by atoms with E-state index in [0.717, 1.165) is 37.8 Å². The molecule has 1 aromatic carbocycles. The summed E-state index contributed by atoms with van der Waals surface area (Å²) in [5.74, 6) is 1.01. The lowest BCUT2D eigenvalue weighted by molar-refractivity contribution is 0.296. The molecule has 106 valence electrons. The molecule has 0 spiro atoms. The Morgan fingerprint density at radius 1 is 1.21 bits per heavy atom. The van der Waals surface area contributed by atoms with Gasteiger partial charge in [-0.15, -0.1) is 0 Å². The van der Waals surface area contributed by atoms with Gasteiger partial charge in [0, 0.05) is 6.04 Å². The molecule has 0 atom stereocenters. The van der Waals surface area contributed by atoms with Crippen LogP contribution in [-0.4, -0.2) is 19.2 Å². The number of ether oxygens (including phenoxy) is 1. The summed E-state index contributed by atoms with van der Waals surface area (Å²) in [5, 5.41) is 3.65. The number of benzene rings is 1. The first-order chi connectivity index (χ1) is 9.38. The van der Waals surface area contributed by atoms with Crippen LogP contribution >= 0.6 is 0 Å². The summed E-state index contributed by atoms with van der Waals surface area (Å²) in [4.78, 5) is 0. The summed E-state index contributed by atoms with van der Waals surface area (Å²) in [7, 11) is 0. The van der Waals surface area contributed by atoms with Gasteiger partial charge in [-0.05, 0) is 49.9 Å². The van der Waals surface area contributed by atoms with Crippen molar-refractivity contribution in [2.45, 2.75) is 57.9 Å². The van der Waals surface area contributed by atoms with Gasteiger partial charge in [0.2, 0.25) is 0 Å². The fourth-order valence-corrected chi connectivity index (χ4v) is 2.73. The first kappa shape index (κ1) is 14.4. The minimum Gasteiger partial charge on any atom is -0.494 e. The number of hydrogen-bond donors (Lipinski definition) is 1. The van der Waals surface area contributed by atoms with Crippen molar-refractivity contribution < 1.29 is 4.74 Å². The van der Waals surface area contributed by atoms with Gasteiger partial charge in [-0.3, -0.25) is 0 Å². The molecule has 1 aromatic rings. The normalized spacial score (nSPS) is 16.5. The van der Waals surface area contributed by atoms with E-state index in [4.69, 9.17) is 4.74 Å². The molecule has 0 saturated heterocycles.